The number of hydrogen-bond acceptors (Lipinski definition) is 4. The minimum atomic E-state index is -0.808. The number of fused-ring (bicyclic) bond motifs is 1. The first-order valence-electron chi connectivity index (χ1n) is 7.85. The van der Waals surface area contributed by atoms with E-state index in [9.17, 15) is 9.59 Å². The van der Waals surface area contributed by atoms with Crippen LogP contribution in [-0.2, 0) is 13.0 Å². The van der Waals surface area contributed by atoms with Crippen LogP contribution >= 0.6 is 0 Å². The van der Waals surface area contributed by atoms with E-state index in [1.807, 2.05) is 41.8 Å². The average molecular weight is 332 g/mol. The number of carbonyl (C=O) groups is 1. The quantitative estimate of drug-likeness (QED) is 0.791. The summed E-state index contributed by atoms with van der Waals surface area (Å²) in [6.45, 7) is 2.41. The number of primary amides is 1. The van der Waals surface area contributed by atoms with Crippen LogP contribution in [0.15, 0.2) is 47.5 Å². The topological polar surface area (TPSA) is 102 Å². The fourth-order valence-corrected chi connectivity index (χ4v) is 3.09. The van der Waals surface area contributed by atoms with Crippen molar-refractivity contribution in [3.8, 4) is 17.2 Å². The van der Waals surface area contributed by atoms with Gasteiger partial charge in [0, 0.05) is 30.0 Å². The highest BCUT2D eigenvalue weighted by atomic mass is 16.2. The van der Waals surface area contributed by atoms with Gasteiger partial charge in [0.25, 0.3) is 5.91 Å². The average Bonchev–Trinajstić information content (AvgIpc) is 2.62. The van der Waals surface area contributed by atoms with Crippen LogP contribution in [0.5, 0.6) is 0 Å². The van der Waals surface area contributed by atoms with Crippen molar-refractivity contribution in [3.05, 3.63) is 64.2 Å². The third-order valence-corrected chi connectivity index (χ3v) is 4.20. The third-order valence-electron chi connectivity index (χ3n) is 4.20. The molecular weight excluding hydrogens is 316 g/mol. The molecule has 6 nitrogen and oxygen atoms in total. The Morgan fingerprint density at radius 3 is 2.56 bits per heavy atom. The molecule has 0 aliphatic rings. The molecule has 0 saturated heterocycles. The van der Waals surface area contributed by atoms with Crippen LogP contribution in [0, 0.1) is 11.3 Å². The summed E-state index contributed by atoms with van der Waals surface area (Å²) in [5.74, 6) is -0.808. The second-order valence-electron chi connectivity index (χ2n) is 5.56. The van der Waals surface area contributed by atoms with Gasteiger partial charge in [-0.3, -0.25) is 14.6 Å². The minimum absolute atomic E-state index is 0.0588. The zero-order valence-electron chi connectivity index (χ0n) is 13.7. The monoisotopic (exact) mass is 332 g/mol. The van der Waals surface area contributed by atoms with Gasteiger partial charge in [-0.15, -0.1) is 0 Å². The zero-order valence-corrected chi connectivity index (χ0v) is 13.7. The van der Waals surface area contributed by atoms with Crippen LogP contribution in [0.4, 0.5) is 0 Å². The maximum absolute atomic E-state index is 12.7. The number of nitrogens with zero attached hydrogens (tertiary/aromatic N) is 3. The van der Waals surface area contributed by atoms with Crippen molar-refractivity contribution in [2.45, 2.75) is 19.9 Å². The number of nitrogens with two attached hydrogens (primary N) is 1. The molecule has 0 unspecified atom stereocenters. The van der Waals surface area contributed by atoms with Crippen LogP contribution in [0.2, 0.25) is 0 Å². The molecule has 2 N–H and O–H groups in total. The summed E-state index contributed by atoms with van der Waals surface area (Å²) in [6.07, 6.45) is 3.34. The first-order chi connectivity index (χ1) is 12.1. The van der Waals surface area contributed by atoms with E-state index in [1.165, 1.54) is 0 Å². The molecule has 6 heteroatoms. The molecule has 0 saturated carbocycles. The molecule has 0 fully saturated rings. The lowest BCUT2D eigenvalue weighted by Crippen LogP contribution is -2.28. The normalized spacial score (nSPS) is 10.6. The summed E-state index contributed by atoms with van der Waals surface area (Å²) >= 11 is 0. The number of nitriles is 1. The second-order valence-corrected chi connectivity index (χ2v) is 5.56. The first-order valence-corrected chi connectivity index (χ1v) is 7.85. The van der Waals surface area contributed by atoms with E-state index in [4.69, 9.17) is 11.0 Å². The molecular formula is C19H16N4O2. The molecule has 0 bridgehead atoms. The summed E-state index contributed by atoms with van der Waals surface area (Å²) in [5.41, 5.74) is 7.81. The van der Waals surface area contributed by atoms with E-state index in [1.54, 1.807) is 18.5 Å². The van der Waals surface area contributed by atoms with Gasteiger partial charge >= 0.3 is 0 Å². The third kappa shape index (κ3) is 2.76. The van der Waals surface area contributed by atoms with Gasteiger partial charge in [-0.1, -0.05) is 6.07 Å². The fraction of sp³-hybridized carbons (Fsp3) is 0.158. The highest BCUT2D eigenvalue weighted by Gasteiger charge is 2.20. The van der Waals surface area contributed by atoms with Gasteiger partial charge in [0.1, 0.15) is 5.56 Å². The van der Waals surface area contributed by atoms with E-state index >= 15 is 0 Å². The summed E-state index contributed by atoms with van der Waals surface area (Å²) in [6, 6.07) is 11.2. The Kier molecular flexibility index (Phi) is 4.31. The Hall–Kier alpha value is -3.46. The van der Waals surface area contributed by atoms with Crippen LogP contribution < -0.4 is 11.2 Å². The van der Waals surface area contributed by atoms with E-state index in [2.05, 4.69) is 4.98 Å². The smallest absolute Gasteiger partial charge is 0.254 e. The van der Waals surface area contributed by atoms with E-state index in [-0.39, 0.29) is 12.0 Å². The molecule has 3 rings (SSSR count). The van der Waals surface area contributed by atoms with Gasteiger partial charge in [0.2, 0.25) is 5.43 Å². The number of aryl methyl sites for hydroxylation is 1. The van der Waals surface area contributed by atoms with Crippen molar-refractivity contribution in [3.63, 3.8) is 0 Å². The summed E-state index contributed by atoms with van der Waals surface area (Å²) < 4.78 is 1.81. The number of hydrogen-bond donors (Lipinski definition) is 1. The van der Waals surface area contributed by atoms with Gasteiger partial charge in [-0.05, 0) is 42.3 Å². The predicted octanol–water partition coefficient (Wildman–Crippen LogP) is 2.25. The Bertz CT molecular complexity index is 1060. The van der Waals surface area contributed by atoms with Crippen molar-refractivity contribution >= 4 is 16.8 Å². The predicted molar refractivity (Wildman–Crippen MR) is 94.9 cm³/mol. The number of rotatable bonds is 4. The van der Waals surface area contributed by atoms with Crippen molar-refractivity contribution < 1.29 is 4.79 Å². The molecule has 0 atom stereocenters. The summed E-state index contributed by atoms with van der Waals surface area (Å²) in [4.78, 5) is 28.6. The minimum Gasteiger partial charge on any atom is -0.365 e. The van der Waals surface area contributed by atoms with E-state index < -0.39 is 11.3 Å². The second kappa shape index (κ2) is 6.57. The molecule has 25 heavy (non-hydrogen) atoms. The van der Waals surface area contributed by atoms with E-state index in [0.717, 1.165) is 11.1 Å². The van der Waals surface area contributed by atoms with Crippen molar-refractivity contribution in [1.82, 2.24) is 9.55 Å². The first kappa shape index (κ1) is 16.4. The highest BCUT2D eigenvalue weighted by molar-refractivity contribution is 5.98. The van der Waals surface area contributed by atoms with Gasteiger partial charge < -0.3 is 10.3 Å². The van der Waals surface area contributed by atoms with Crippen LogP contribution in [0.1, 0.15) is 23.0 Å². The molecule has 2 heterocycles. The highest BCUT2D eigenvalue weighted by Crippen LogP contribution is 2.24. The lowest BCUT2D eigenvalue weighted by Gasteiger charge is -2.17. The Balaban J connectivity index is 2.41. The van der Waals surface area contributed by atoms with Crippen LogP contribution in [0.3, 0.4) is 0 Å². The van der Waals surface area contributed by atoms with Gasteiger partial charge in [-0.2, -0.15) is 5.26 Å². The van der Waals surface area contributed by atoms with Gasteiger partial charge in [0.05, 0.1) is 18.0 Å². The molecule has 0 aliphatic carbocycles. The molecule has 0 radical (unpaired) electrons. The van der Waals surface area contributed by atoms with Crippen LogP contribution in [0.25, 0.3) is 22.0 Å². The number of carbonyl (C=O) groups excluding carboxylic acids is 1. The maximum Gasteiger partial charge on any atom is 0.254 e. The fourth-order valence-electron chi connectivity index (χ4n) is 3.09. The van der Waals surface area contributed by atoms with Gasteiger partial charge in [-0.25, -0.2) is 0 Å². The Morgan fingerprint density at radius 2 is 1.96 bits per heavy atom. The largest absolute Gasteiger partial charge is 0.365 e. The maximum atomic E-state index is 12.7. The summed E-state index contributed by atoms with van der Waals surface area (Å²) in [7, 11) is 0. The number of aromatic nitrogens is 2. The molecule has 1 amide bonds. The number of amides is 1. The standard InChI is InChI=1S/C19H16N4O2/c1-2-23-15(5-8-20)17(19(21)25)18(24)14-4-3-13(11-16(14)23)12-6-9-22-10-7-12/h3-4,6-7,9-11H,2,5H2,1H3,(H2,21,25). The lowest BCUT2D eigenvalue weighted by atomic mass is 10.0. The van der Waals surface area contributed by atoms with E-state index in [0.29, 0.717) is 23.1 Å². The van der Waals surface area contributed by atoms with Crippen molar-refractivity contribution in [2.24, 2.45) is 5.73 Å². The summed E-state index contributed by atoms with van der Waals surface area (Å²) in [5, 5.41) is 9.53. The molecule has 2 aromatic heterocycles. The SMILES string of the molecule is CCn1c(CC#N)c(C(N)=O)c(=O)c2ccc(-c3ccncc3)cc21. The molecule has 1 aromatic carbocycles. The number of benzene rings is 1. The van der Waals surface area contributed by atoms with Crippen molar-refractivity contribution in [1.29, 1.82) is 5.26 Å². The molecule has 124 valence electrons. The van der Waals surface area contributed by atoms with Gasteiger partial charge in [0.15, 0.2) is 0 Å². The zero-order chi connectivity index (χ0) is 18.0. The number of pyridine rings is 2. The van der Waals surface area contributed by atoms with Crippen molar-refractivity contribution in [2.75, 3.05) is 0 Å². The van der Waals surface area contributed by atoms with Crippen LogP contribution in [-0.4, -0.2) is 15.5 Å². The molecule has 0 aliphatic heterocycles. The molecule has 0 spiro atoms. The Morgan fingerprint density at radius 1 is 1.24 bits per heavy atom. The Labute approximate surface area is 144 Å². The lowest BCUT2D eigenvalue weighted by molar-refractivity contribution is 0.0998. The molecule has 3 aromatic rings.